The molecule has 5 aromatic heterocycles. The summed E-state index contributed by atoms with van der Waals surface area (Å²) >= 11 is 1.38. The van der Waals surface area contributed by atoms with E-state index in [9.17, 15) is 4.79 Å². The van der Waals surface area contributed by atoms with Crippen LogP contribution in [-0.4, -0.2) is 55.8 Å². The molecule has 1 saturated heterocycles. The Morgan fingerprint density at radius 2 is 2.02 bits per heavy atom. The van der Waals surface area contributed by atoms with Crippen molar-refractivity contribution in [2.24, 2.45) is 13.0 Å². The van der Waals surface area contributed by atoms with Gasteiger partial charge in [-0.1, -0.05) is 19.1 Å². The fraction of sp³-hybridized carbons (Fsp3) is 0.414. The largest absolute Gasteiger partial charge is 0.465 e. The van der Waals surface area contributed by atoms with Crippen molar-refractivity contribution < 1.29 is 18.7 Å². The van der Waals surface area contributed by atoms with Crippen molar-refractivity contribution in [2.75, 3.05) is 20.3 Å². The first kappa shape index (κ1) is 26.5. The van der Waals surface area contributed by atoms with E-state index >= 15 is 4.39 Å². The van der Waals surface area contributed by atoms with Gasteiger partial charge in [-0.15, -0.1) is 16.4 Å². The molecule has 0 aliphatic carbocycles. The molecule has 208 valence electrons. The summed E-state index contributed by atoms with van der Waals surface area (Å²) < 4.78 is 31.3. The van der Waals surface area contributed by atoms with Gasteiger partial charge in [-0.05, 0) is 49.8 Å². The summed E-state index contributed by atoms with van der Waals surface area (Å²) in [5.74, 6) is -0.691. The molecule has 1 atom stereocenters. The third-order valence-corrected chi connectivity index (χ3v) is 8.96. The molecule has 1 aliphatic rings. The lowest BCUT2D eigenvalue weighted by molar-refractivity contribution is 0.0542. The molecular formula is C29H31FN6O3S. The normalized spacial score (nSPS) is 15.4. The van der Waals surface area contributed by atoms with E-state index in [-0.39, 0.29) is 23.6 Å². The zero-order valence-corrected chi connectivity index (χ0v) is 24.0. The van der Waals surface area contributed by atoms with E-state index in [1.807, 2.05) is 20.2 Å². The van der Waals surface area contributed by atoms with Gasteiger partial charge in [-0.2, -0.15) is 0 Å². The van der Waals surface area contributed by atoms with Crippen LogP contribution >= 0.6 is 11.3 Å². The lowest BCUT2D eigenvalue weighted by atomic mass is 9.88. The lowest BCUT2D eigenvalue weighted by Gasteiger charge is -2.32. The molecule has 0 radical (unpaired) electrons. The zero-order valence-electron chi connectivity index (χ0n) is 23.1. The summed E-state index contributed by atoms with van der Waals surface area (Å²) in [7, 11) is 3.25. The number of carbonyl (C=O) groups is 1. The van der Waals surface area contributed by atoms with Crippen molar-refractivity contribution in [3.05, 3.63) is 58.2 Å². The number of aryl methyl sites for hydroxylation is 2. The first-order chi connectivity index (χ1) is 19.3. The minimum Gasteiger partial charge on any atom is -0.465 e. The van der Waals surface area contributed by atoms with Gasteiger partial charge in [0.2, 0.25) is 0 Å². The molecular weight excluding hydrogens is 531 g/mol. The van der Waals surface area contributed by atoms with Gasteiger partial charge < -0.3 is 14.0 Å². The van der Waals surface area contributed by atoms with E-state index in [0.29, 0.717) is 23.8 Å². The van der Waals surface area contributed by atoms with Crippen LogP contribution in [0.5, 0.6) is 0 Å². The van der Waals surface area contributed by atoms with E-state index < -0.39 is 6.04 Å². The lowest BCUT2D eigenvalue weighted by Crippen LogP contribution is -2.28. The Bertz CT molecular complexity index is 1710. The molecule has 0 spiro atoms. The number of pyridine rings is 2. The van der Waals surface area contributed by atoms with Gasteiger partial charge in [0, 0.05) is 43.8 Å². The van der Waals surface area contributed by atoms with Gasteiger partial charge in [0.15, 0.2) is 0 Å². The van der Waals surface area contributed by atoms with Crippen molar-refractivity contribution in [1.29, 1.82) is 0 Å². The molecule has 0 saturated carbocycles. The summed E-state index contributed by atoms with van der Waals surface area (Å²) in [6.07, 6.45) is 4.96. The molecule has 9 nitrogen and oxygen atoms in total. The maximum absolute atomic E-state index is 15.6. The highest BCUT2D eigenvalue weighted by molar-refractivity contribution is 7.22. The predicted octanol–water partition coefficient (Wildman–Crippen LogP) is 5.82. The monoisotopic (exact) mass is 562 g/mol. The quantitative estimate of drug-likeness (QED) is 0.241. The highest BCUT2D eigenvalue weighted by Gasteiger charge is 2.36. The highest BCUT2D eigenvalue weighted by Crippen LogP contribution is 2.47. The summed E-state index contributed by atoms with van der Waals surface area (Å²) in [4.78, 5) is 23.1. The van der Waals surface area contributed by atoms with Crippen LogP contribution < -0.4 is 0 Å². The standard InChI is InChI=1S/C29H31FN6O3S/c1-15(2)21-26-28(40-27(21)29(37)38-5)23-20(13-18(14-32-23)24-16(3)33-34-35(24)4)36(26)25(17-8-11-39-12-9-17)22-19(30)7-6-10-31-22/h6-7,10,13-15,17,25H,8-9,11-12H2,1-5H3. The van der Waals surface area contributed by atoms with Gasteiger partial charge in [0.05, 0.1) is 46.0 Å². The molecule has 0 aromatic carbocycles. The number of rotatable bonds is 6. The molecule has 11 heteroatoms. The SMILES string of the molecule is COC(=O)c1sc2c3ncc(-c4c(C)nnn4C)cc3n(C(c3ncccc3F)C3CCOCC3)c2c1C(C)C. The number of hydrogen-bond acceptors (Lipinski definition) is 8. The summed E-state index contributed by atoms with van der Waals surface area (Å²) in [6, 6.07) is 4.71. The van der Waals surface area contributed by atoms with E-state index in [1.165, 1.54) is 24.5 Å². The Labute approximate surface area is 234 Å². The Hall–Kier alpha value is -3.70. The topological polar surface area (TPSA) is 97.0 Å². The summed E-state index contributed by atoms with van der Waals surface area (Å²) in [6.45, 7) is 7.22. The van der Waals surface area contributed by atoms with Crippen LogP contribution in [0.3, 0.4) is 0 Å². The second-order valence-electron chi connectivity index (χ2n) is 10.5. The molecule has 6 heterocycles. The molecule has 5 aromatic rings. The predicted molar refractivity (Wildman–Crippen MR) is 151 cm³/mol. The second-order valence-corrected chi connectivity index (χ2v) is 11.6. The third-order valence-electron chi connectivity index (χ3n) is 7.78. The summed E-state index contributed by atoms with van der Waals surface area (Å²) in [5, 5.41) is 8.41. The van der Waals surface area contributed by atoms with Crippen LogP contribution in [0.1, 0.15) is 65.3 Å². The van der Waals surface area contributed by atoms with Crippen molar-refractivity contribution in [3.8, 4) is 11.3 Å². The number of nitrogens with zero attached hydrogens (tertiary/aromatic N) is 6. The highest BCUT2D eigenvalue weighted by atomic mass is 32.1. The Morgan fingerprint density at radius 3 is 2.67 bits per heavy atom. The fourth-order valence-corrected chi connectivity index (χ4v) is 7.40. The Kier molecular flexibility index (Phi) is 6.87. The maximum atomic E-state index is 15.6. The number of ether oxygens (including phenoxy) is 2. The minimum atomic E-state index is -0.439. The number of aromatic nitrogens is 6. The van der Waals surface area contributed by atoms with Crippen LogP contribution in [0.15, 0.2) is 30.6 Å². The van der Waals surface area contributed by atoms with Gasteiger partial charge in [-0.25, -0.2) is 13.9 Å². The van der Waals surface area contributed by atoms with Crippen molar-refractivity contribution in [1.82, 2.24) is 29.5 Å². The molecule has 1 aliphatic heterocycles. The molecule has 6 rings (SSSR count). The van der Waals surface area contributed by atoms with E-state index in [0.717, 1.165) is 56.6 Å². The number of carbonyl (C=O) groups excluding carboxylic acids is 1. The second kappa shape index (κ2) is 10.4. The van der Waals surface area contributed by atoms with E-state index in [4.69, 9.17) is 14.5 Å². The molecule has 1 unspecified atom stereocenters. The zero-order chi connectivity index (χ0) is 28.1. The molecule has 40 heavy (non-hydrogen) atoms. The Morgan fingerprint density at radius 1 is 1.25 bits per heavy atom. The van der Waals surface area contributed by atoms with Gasteiger partial charge in [0.1, 0.15) is 16.2 Å². The Balaban J connectivity index is 1.75. The number of thiophene rings is 1. The number of fused-ring (bicyclic) bond motifs is 3. The number of esters is 1. The number of hydrogen-bond donors (Lipinski definition) is 0. The van der Waals surface area contributed by atoms with Crippen LogP contribution in [0, 0.1) is 18.7 Å². The average molecular weight is 563 g/mol. The summed E-state index contributed by atoms with van der Waals surface area (Å²) in [5.41, 5.74) is 6.22. The van der Waals surface area contributed by atoms with Crippen molar-refractivity contribution in [3.63, 3.8) is 0 Å². The van der Waals surface area contributed by atoms with Gasteiger partial charge in [-0.3, -0.25) is 9.97 Å². The van der Waals surface area contributed by atoms with Crippen LogP contribution in [0.2, 0.25) is 0 Å². The van der Waals surface area contributed by atoms with Crippen LogP contribution in [-0.2, 0) is 16.5 Å². The fourth-order valence-electron chi connectivity index (χ4n) is 6.03. The van der Waals surface area contributed by atoms with Crippen LogP contribution in [0.4, 0.5) is 4.39 Å². The van der Waals surface area contributed by atoms with Crippen LogP contribution in [0.25, 0.3) is 32.5 Å². The average Bonchev–Trinajstić information content (AvgIpc) is 3.60. The van der Waals surface area contributed by atoms with Crippen molar-refractivity contribution >= 4 is 38.6 Å². The first-order valence-electron chi connectivity index (χ1n) is 13.4. The first-order valence-corrected chi connectivity index (χ1v) is 14.2. The molecule has 0 bridgehead atoms. The maximum Gasteiger partial charge on any atom is 0.348 e. The van der Waals surface area contributed by atoms with E-state index in [1.54, 1.807) is 16.9 Å². The number of methoxy groups -OCH3 is 1. The van der Waals surface area contributed by atoms with Gasteiger partial charge >= 0.3 is 5.97 Å². The van der Waals surface area contributed by atoms with Crippen molar-refractivity contribution in [2.45, 2.75) is 45.6 Å². The smallest absolute Gasteiger partial charge is 0.348 e. The third kappa shape index (κ3) is 4.19. The molecule has 1 fully saturated rings. The van der Waals surface area contributed by atoms with E-state index in [2.05, 4.69) is 39.8 Å². The number of halogens is 1. The molecule has 0 N–H and O–H groups in total. The molecule has 0 amide bonds. The minimum absolute atomic E-state index is 0.00202. The van der Waals surface area contributed by atoms with Gasteiger partial charge in [0.25, 0.3) is 0 Å².